The summed E-state index contributed by atoms with van der Waals surface area (Å²) in [6.07, 6.45) is 3.87. The Balaban J connectivity index is 1.99. The van der Waals surface area contributed by atoms with Gasteiger partial charge in [-0.2, -0.15) is 0 Å². The SMILES string of the molecule is Cc1cc(NC(=O)N2CCCCC2)ccc1C#CCCO. The predicted molar refractivity (Wildman–Crippen MR) is 84.2 cm³/mol. The van der Waals surface area contributed by atoms with E-state index in [0.29, 0.717) is 6.42 Å². The number of aliphatic hydroxyl groups excluding tert-OH is 1. The molecule has 21 heavy (non-hydrogen) atoms. The van der Waals surface area contributed by atoms with Crippen LogP contribution in [0.4, 0.5) is 10.5 Å². The molecule has 0 unspecified atom stereocenters. The molecule has 1 aromatic rings. The monoisotopic (exact) mass is 286 g/mol. The van der Waals surface area contributed by atoms with Gasteiger partial charge in [-0.25, -0.2) is 4.79 Å². The first-order chi connectivity index (χ1) is 10.2. The molecule has 1 heterocycles. The van der Waals surface area contributed by atoms with Crippen LogP contribution in [0.2, 0.25) is 0 Å². The van der Waals surface area contributed by atoms with Crippen molar-refractivity contribution in [2.75, 3.05) is 25.0 Å². The summed E-state index contributed by atoms with van der Waals surface area (Å²) in [4.78, 5) is 14.0. The Kier molecular flexibility index (Phi) is 5.65. The molecule has 1 fully saturated rings. The zero-order valence-electron chi connectivity index (χ0n) is 12.5. The Morgan fingerprint density at radius 2 is 2.10 bits per heavy atom. The van der Waals surface area contributed by atoms with Gasteiger partial charge in [0.25, 0.3) is 0 Å². The first-order valence-electron chi connectivity index (χ1n) is 7.47. The average molecular weight is 286 g/mol. The third-order valence-corrected chi connectivity index (χ3v) is 3.58. The van der Waals surface area contributed by atoms with Crippen molar-refractivity contribution in [1.29, 1.82) is 0 Å². The topological polar surface area (TPSA) is 52.6 Å². The summed E-state index contributed by atoms with van der Waals surface area (Å²) >= 11 is 0. The second-order valence-corrected chi connectivity index (χ2v) is 5.28. The molecule has 4 heteroatoms. The fourth-order valence-electron chi connectivity index (χ4n) is 2.39. The molecule has 2 amide bonds. The maximum atomic E-state index is 12.1. The summed E-state index contributed by atoms with van der Waals surface area (Å²) in [6, 6.07) is 5.70. The van der Waals surface area contributed by atoms with Gasteiger partial charge in [0.1, 0.15) is 0 Å². The minimum atomic E-state index is -0.0202. The molecule has 4 nitrogen and oxygen atoms in total. The zero-order valence-corrected chi connectivity index (χ0v) is 12.5. The number of carbonyl (C=O) groups is 1. The number of hydrogen-bond acceptors (Lipinski definition) is 2. The second kappa shape index (κ2) is 7.70. The molecule has 0 radical (unpaired) electrons. The van der Waals surface area contributed by atoms with E-state index in [0.717, 1.165) is 42.7 Å². The lowest BCUT2D eigenvalue weighted by atomic mass is 10.1. The summed E-state index contributed by atoms with van der Waals surface area (Å²) in [5, 5.41) is 11.7. The van der Waals surface area contributed by atoms with Crippen LogP contribution in [0, 0.1) is 18.8 Å². The molecule has 2 rings (SSSR count). The van der Waals surface area contributed by atoms with E-state index >= 15 is 0 Å². The van der Waals surface area contributed by atoms with Crippen LogP contribution in [0.3, 0.4) is 0 Å². The fourth-order valence-corrected chi connectivity index (χ4v) is 2.39. The van der Waals surface area contributed by atoms with Crippen LogP contribution in [0.25, 0.3) is 0 Å². The Morgan fingerprint density at radius 1 is 1.33 bits per heavy atom. The van der Waals surface area contributed by atoms with Gasteiger partial charge in [-0.3, -0.25) is 0 Å². The number of hydrogen-bond donors (Lipinski definition) is 2. The molecule has 0 atom stereocenters. The van der Waals surface area contributed by atoms with Crippen LogP contribution in [0.1, 0.15) is 36.8 Å². The number of urea groups is 1. The molecule has 1 aliphatic rings. The van der Waals surface area contributed by atoms with Crippen molar-refractivity contribution in [3.63, 3.8) is 0 Å². The number of aryl methyl sites for hydroxylation is 1. The van der Waals surface area contributed by atoms with Crippen molar-refractivity contribution in [2.24, 2.45) is 0 Å². The maximum Gasteiger partial charge on any atom is 0.321 e. The molecule has 0 saturated carbocycles. The molecule has 0 aliphatic carbocycles. The smallest absolute Gasteiger partial charge is 0.321 e. The van der Waals surface area contributed by atoms with Gasteiger partial charge in [0.2, 0.25) is 0 Å². The van der Waals surface area contributed by atoms with Gasteiger partial charge in [-0.15, -0.1) is 0 Å². The fraction of sp³-hybridized carbons (Fsp3) is 0.471. The van der Waals surface area contributed by atoms with Gasteiger partial charge in [0.05, 0.1) is 6.61 Å². The normalized spacial score (nSPS) is 14.3. The Bertz CT molecular complexity index is 552. The van der Waals surface area contributed by atoms with Gasteiger partial charge in [0, 0.05) is 30.8 Å². The lowest BCUT2D eigenvalue weighted by Gasteiger charge is -2.26. The average Bonchev–Trinajstić information content (AvgIpc) is 2.50. The molecule has 0 aromatic heterocycles. The van der Waals surface area contributed by atoms with E-state index in [4.69, 9.17) is 5.11 Å². The number of nitrogens with zero attached hydrogens (tertiary/aromatic N) is 1. The number of anilines is 1. The minimum Gasteiger partial charge on any atom is -0.395 e. The maximum absolute atomic E-state index is 12.1. The molecule has 1 saturated heterocycles. The van der Waals surface area contributed by atoms with E-state index < -0.39 is 0 Å². The van der Waals surface area contributed by atoms with Crippen molar-refractivity contribution in [3.8, 4) is 11.8 Å². The zero-order chi connectivity index (χ0) is 15.1. The molecule has 1 aromatic carbocycles. The highest BCUT2D eigenvalue weighted by Crippen LogP contribution is 2.16. The van der Waals surface area contributed by atoms with Crippen LogP contribution in [0.5, 0.6) is 0 Å². The van der Waals surface area contributed by atoms with Gasteiger partial charge in [-0.1, -0.05) is 11.8 Å². The number of piperidine rings is 1. The number of amides is 2. The lowest BCUT2D eigenvalue weighted by molar-refractivity contribution is 0.200. The van der Waals surface area contributed by atoms with Crippen LogP contribution in [0.15, 0.2) is 18.2 Å². The van der Waals surface area contributed by atoms with Crippen molar-refractivity contribution in [3.05, 3.63) is 29.3 Å². The van der Waals surface area contributed by atoms with Gasteiger partial charge >= 0.3 is 6.03 Å². The molecular weight excluding hydrogens is 264 g/mol. The Labute approximate surface area is 126 Å². The Hall–Kier alpha value is -1.99. The van der Waals surface area contributed by atoms with Gasteiger partial charge in [-0.05, 0) is 49.9 Å². The van der Waals surface area contributed by atoms with E-state index in [9.17, 15) is 4.79 Å². The number of rotatable bonds is 2. The highest BCUT2D eigenvalue weighted by Gasteiger charge is 2.16. The van der Waals surface area contributed by atoms with Crippen LogP contribution in [-0.4, -0.2) is 35.7 Å². The van der Waals surface area contributed by atoms with Crippen molar-refractivity contribution in [2.45, 2.75) is 32.6 Å². The van der Waals surface area contributed by atoms with Gasteiger partial charge in [0.15, 0.2) is 0 Å². The quantitative estimate of drug-likeness (QED) is 0.821. The van der Waals surface area contributed by atoms with Crippen LogP contribution in [-0.2, 0) is 0 Å². The van der Waals surface area contributed by atoms with Crippen LogP contribution >= 0.6 is 0 Å². The summed E-state index contributed by atoms with van der Waals surface area (Å²) < 4.78 is 0. The summed E-state index contributed by atoms with van der Waals surface area (Å²) in [5.41, 5.74) is 2.76. The standard InChI is InChI=1S/C17H22N2O2/c1-14-13-16(9-8-15(14)7-3-6-12-20)18-17(21)19-10-4-2-5-11-19/h8-9,13,20H,2,4-6,10-12H2,1H3,(H,18,21). The molecule has 0 bridgehead atoms. The van der Waals surface area contributed by atoms with E-state index in [1.807, 2.05) is 30.0 Å². The van der Waals surface area contributed by atoms with Crippen LogP contribution < -0.4 is 5.32 Å². The summed E-state index contributed by atoms with van der Waals surface area (Å²) in [7, 11) is 0. The van der Waals surface area contributed by atoms with E-state index in [-0.39, 0.29) is 12.6 Å². The van der Waals surface area contributed by atoms with E-state index in [1.165, 1.54) is 6.42 Å². The highest BCUT2D eigenvalue weighted by atomic mass is 16.2. The second-order valence-electron chi connectivity index (χ2n) is 5.28. The third-order valence-electron chi connectivity index (χ3n) is 3.58. The number of aliphatic hydroxyl groups is 1. The van der Waals surface area contributed by atoms with Crippen molar-refractivity contribution < 1.29 is 9.90 Å². The molecule has 2 N–H and O–H groups in total. The molecular formula is C17H22N2O2. The molecule has 112 valence electrons. The number of nitrogens with one attached hydrogen (secondary N) is 1. The molecule has 1 aliphatic heterocycles. The number of carbonyl (C=O) groups excluding carboxylic acids is 1. The van der Waals surface area contributed by atoms with E-state index in [2.05, 4.69) is 17.2 Å². The summed E-state index contributed by atoms with van der Waals surface area (Å²) in [5.74, 6) is 5.93. The van der Waals surface area contributed by atoms with E-state index in [1.54, 1.807) is 0 Å². The first kappa shape index (κ1) is 15.4. The minimum absolute atomic E-state index is 0.0202. The van der Waals surface area contributed by atoms with Crippen molar-refractivity contribution >= 4 is 11.7 Å². The first-order valence-corrected chi connectivity index (χ1v) is 7.47. The summed E-state index contributed by atoms with van der Waals surface area (Å²) in [6.45, 7) is 3.74. The largest absolute Gasteiger partial charge is 0.395 e. The van der Waals surface area contributed by atoms with Crippen molar-refractivity contribution in [1.82, 2.24) is 4.90 Å². The highest BCUT2D eigenvalue weighted by molar-refractivity contribution is 5.89. The lowest BCUT2D eigenvalue weighted by Crippen LogP contribution is -2.38. The molecule has 0 spiro atoms. The van der Waals surface area contributed by atoms with Gasteiger partial charge < -0.3 is 15.3 Å². The third kappa shape index (κ3) is 4.51. The predicted octanol–water partition coefficient (Wildman–Crippen LogP) is 2.75. The number of benzene rings is 1. The number of likely N-dealkylation sites (tertiary alicyclic amines) is 1. The Morgan fingerprint density at radius 3 is 2.76 bits per heavy atom.